The van der Waals surface area contributed by atoms with E-state index in [4.69, 9.17) is 13.8 Å². The summed E-state index contributed by atoms with van der Waals surface area (Å²) in [6.45, 7) is 0.640. The lowest BCUT2D eigenvalue weighted by atomic mass is 9.87. The smallest absolute Gasteiger partial charge is 0.145 e. The van der Waals surface area contributed by atoms with Gasteiger partial charge in [0, 0.05) is 109 Å². The van der Waals surface area contributed by atoms with Crippen molar-refractivity contribution < 1.29 is 8.83 Å². The molecule has 0 fully saturated rings. The number of hydrogen-bond donors (Lipinski definition) is 0. The molecule has 0 amide bonds. The monoisotopic (exact) mass is 1300 g/mol. The zero-order valence-corrected chi connectivity index (χ0v) is 55.1. The van der Waals surface area contributed by atoms with E-state index in [-0.39, 0.29) is 0 Å². The van der Waals surface area contributed by atoms with Gasteiger partial charge in [-0.05, 0) is 183 Å². The van der Waals surface area contributed by atoms with Crippen molar-refractivity contribution in [3.05, 3.63) is 351 Å². The van der Waals surface area contributed by atoms with Crippen molar-refractivity contribution in [2.24, 2.45) is 0 Å². The van der Waals surface area contributed by atoms with Crippen LogP contribution >= 0.6 is 0 Å². The molecule has 5 aromatic heterocycles. The largest absolute Gasteiger partial charge is 0.455 e. The van der Waals surface area contributed by atoms with Gasteiger partial charge < -0.3 is 13.7 Å². The van der Waals surface area contributed by atoms with Crippen molar-refractivity contribution >= 4 is 115 Å². The van der Waals surface area contributed by atoms with Gasteiger partial charge in [-0.15, -0.1) is 0 Å². The Morgan fingerprint density at radius 3 is 1.65 bits per heavy atom. The highest BCUT2D eigenvalue weighted by Gasteiger charge is 2.29. The third kappa shape index (κ3) is 9.16. The molecule has 0 unspecified atom stereocenters. The fourth-order valence-electron chi connectivity index (χ4n) is 16.5. The van der Waals surface area contributed by atoms with Gasteiger partial charge in [0.2, 0.25) is 0 Å². The van der Waals surface area contributed by atoms with Crippen LogP contribution in [0.5, 0.6) is 0 Å². The maximum atomic E-state index is 7.82. The molecule has 0 atom stereocenters. The van der Waals surface area contributed by atoms with Gasteiger partial charge in [-0.25, -0.2) is 4.98 Å². The fraction of sp³-hybridized carbons (Fsp3) is 0.0104. The predicted octanol–water partition coefficient (Wildman–Crippen LogP) is 25.8. The first-order chi connectivity index (χ1) is 50.6. The third-order valence-corrected chi connectivity index (χ3v) is 21.2. The summed E-state index contributed by atoms with van der Waals surface area (Å²) in [6.07, 6.45) is 9.94. The molecule has 6 heteroatoms. The van der Waals surface area contributed by atoms with Gasteiger partial charge >= 0.3 is 0 Å². The Balaban J connectivity index is 0.860. The minimum atomic E-state index is 0.640. The molecule has 0 saturated carbocycles. The zero-order valence-electron chi connectivity index (χ0n) is 55.1. The molecule has 6 nitrogen and oxygen atoms in total. The van der Waals surface area contributed by atoms with Crippen LogP contribution in [0.2, 0.25) is 0 Å². The van der Waals surface area contributed by atoms with Crippen LogP contribution < -0.4 is 4.90 Å². The number of fused-ring (bicyclic) bond motifs is 7. The molecule has 474 valence electrons. The molecule has 0 aliphatic carbocycles. The number of hydrogen-bond acceptors (Lipinski definition) is 6. The highest BCUT2D eigenvalue weighted by Crippen LogP contribution is 2.53. The molecule has 0 radical (unpaired) electrons. The molecular formula is C96H58N4O2. The van der Waals surface area contributed by atoms with Crippen LogP contribution in [0.3, 0.4) is 0 Å². The average Bonchev–Trinajstić information content (AvgIpc) is 1.45. The molecule has 15 aromatic carbocycles. The summed E-state index contributed by atoms with van der Waals surface area (Å²) < 4.78 is 15.6. The summed E-state index contributed by atoms with van der Waals surface area (Å²) in [6, 6.07) is 112. The number of para-hydroxylation sites is 2. The predicted molar refractivity (Wildman–Crippen MR) is 424 cm³/mol. The lowest BCUT2D eigenvalue weighted by molar-refractivity contribution is 0.669. The van der Waals surface area contributed by atoms with Gasteiger partial charge in [-0.1, -0.05) is 237 Å². The Morgan fingerprint density at radius 2 is 0.843 bits per heavy atom. The van der Waals surface area contributed by atoms with Crippen LogP contribution in [0.4, 0.5) is 11.4 Å². The quantitative estimate of drug-likeness (QED) is 0.127. The van der Waals surface area contributed by atoms with E-state index in [1.807, 2.05) is 36.9 Å². The normalized spacial score (nSPS) is 12.5. The first-order valence-corrected chi connectivity index (χ1v) is 34.8. The van der Waals surface area contributed by atoms with Crippen LogP contribution in [0, 0.1) is 0 Å². The molecule has 6 heterocycles. The number of rotatable bonds is 10. The maximum absolute atomic E-state index is 7.82. The number of aromatic nitrogens is 3. The van der Waals surface area contributed by atoms with E-state index in [2.05, 4.69) is 318 Å². The van der Waals surface area contributed by atoms with Crippen LogP contribution in [0.1, 0.15) is 11.1 Å². The van der Waals surface area contributed by atoms with Gasteiger partial charge in [0.1, 0.15) is 22.3 Å². The topological polar surface area (TPSA) is 68.2 Å². The molecule has 0 saturated heterocycles. The van der Waals surface area contributed by atoms with E-state index in [9.17, 15) is 0 Å². The number of furan rings is 2. The Kier molecular flexibility index (Phi) is 13.0. The minimum Gasteiger partial charge on any atom is -0.455 e. The van der Waals surface area contributed by atoms with E-state index in [0.29, 0.717) is 6.54 Å². The second kappa shape index (κ2) is 23.0. The van der Waals surface area contributed by atoms with E-state index >= 15 is 0 Å². The van der Waals surface area contributed by atoms with E-state index < -0.39 is 0 Å². The first kappa shape index (κ1) is 57.5. The third-order valence-electron chi connectivity index (χ3n) is 21.2. The van der Waals surface area contributed by atoms with Crippen molar-refractivity contribution in [2.75, 3.05) is 11.4 Å². The summed E-state index contributed by atoms with van der Waals surface area (Å²) in [5, 5.41) is 14.0. The Hall–Kier alpha value is -13.6. The van der Waals surface area contributed by atoms with E-state index in [1.54, 1.807) is 0 Å². The van der Waals surface area contributed by atoms with Crippen molar-refractivity contribution in [3.63, 3.8) is 0 Å². The highest BCUT2D eigenvalue weighted by atomic mass is 16.3. The highest BCUT2D eigenvalue weighted by molar-refractivity contribution is 6.39. The van der Waals surface area contributed by atoms with Gasteiger partial charge in [-0.2, -0.15) is 0 Å². The Bertz CT molecular complexity index is 6810. The van der Waals surface area contributed by atoms with E-state index in [0.717, 1.165) is 176 Å². The minimum absolute atomic E-state index is 0.640. The second-order valence-corrected chi connectivity index (χ2v) is 26.8. The second-order valence-electron chi connectivity index (χ2n) is 26.8. The van der Waals surface area contributed by atoms with Gasteiger partial charge in [0.25, 0.3) is 0 Å². The standard InChI is InChI=1S/C96H58N4O2/c1-3-17-58(18-4-1)64-37-39-73(68-26-16-47-98-57-68)82(50-64)69-52-84-78-43-44-81(94-80-40-38-65(67-25-15-46-97-56-67)51-83(80)76-28-9-11-31-86(76)99-94)96-93(78)91-85(54-70(55-89(91)102-96)100-48-45-74(60-19-5-2-6-20-60)77-29-10-12-32-87(77)100)79-42-41-75(95-92(79)90(84)88(53-69)101-95)66-24-13-23-63(49-66)59-33-35-62(36-34-59)72-30-14-22-61-21-7-8-27-71(61)72/h1-47,49-57H,48H2. The molecule has 0 bridgehead atoms. The SMILES string of the molecule is C1=C(c2ccccc2)c2ccccc2N(c2cc3oc4c(-c5nc6ccccc6c6cc(-c7cccnc7)ccc56)ccc5c6cc(-c7cc(-c8ccccc8)ccc7-c7cccnc7)cc7oc8c(-c9cccc(-c%10ccc(-c%11cccc%12ccccc%11%12)cc%10)c9)ccc(c(c2)c3c45)c8c76)C1. The summed E-state index contributed by atoms with van der Waals surface area (Å²) >= 11 is 0. The lowest BCUT2D eigenvalue weighted by Crippen LogP contribution is -2.22. The molecular weight excluding hydrogens is 1240 g/mol. The van der Waals surface area contributed by atoms with Gasteiger partial charge in [0.05, 0.1) is 11.2 Å². The number of anilines is 2. The summed E-state index contributed by atoms with van der Waals surface area (Å²) in [4.78, 5) is 17.3. The van der Waals surface area contributed by atoms with E-state index in [1.165, 1.54) is 38.6 Å². The summed E-state index contributed by atoms with van der Waals surface area (Å²) in [5.41, 5.74) is 26.7. The van der Waals surface area contributed by atoms with Crippen molar-refractivity contribution in [3.8, 4) is 89.1 Å². The van der Waals surface area contributed by atoms with Crippen molar-refractivity contribution in [1.29, 1.82) is 0 Å². The van der Waals surface area contributed by atoms with Gasteiger partial charge in [0.15, 0.2) is 0 Å². The number of benzene rings is 14. The number of pyridine rings is 3. The van der Waals surface area contributed by atoms with Crippen LogP contribution in [0.15, 0.2) is 349 Å². The maximum Gasteiger partial charge on any atom is 0.145 e. The summed E-state index contributed by atoms with van der Waals surface area (Å²) in [5.74, 6) is 0. The molecule has 0 N–H and O–H groups in total. The Labute approximate surface area is 587 Å². The van der Waals surface area contributed by atoms with Gasteiger partial charge in [-0.3, -0.25) is 9.97 Å². The molecule has 0 spiro atoms. The zero-order chi connectivity index (χ0) is 66.9. The fourth-order valence-corrected chi connectivity index (χ4v) is 16.5. The molecule has 21 rings (SSSR count). The molecule has 1 aliphatic rings. The lowest BCUT2D eigenvalue weighted by Gasteiger charge is -2.31. The molecule has 20 aromatic rings. The molecule has 1 aliphatic heterocycles. The van der Waals surface area contributed by atoms with Crippen LogP contribution in [0.25, 0.3) is 193 Å². The van der Waals surface area contributed by atoms with Crippen LogP contribution in [-0.4, -0.2) is 21.5 Å². The Morgan fingerprint density at radius 1 is 0.284 bits per heavy atom. The first-order valence-electron chi connectivity index (χ1n) is 34.8. The molecule has 102 heavy (non-hydrogen) atoms. The van der Waals surface area contributed by atoms with Crippen molar-refractivity contribution in [2.45, 2.75) is 0 Å². The van der Waals surface area contributed by atoms with Crippen LogP contribution in [-0.2, 0) is 0 Å². The average molecular weight is 1300 g/mol. The number of nitrogens with zero attached hydrogens (tertiary/aromatic N) is 4. The van der Waals surface area contributed by atoms with Crippen molar-refractivity contribution in [1.82, 2.24) is 15.0 Å². The summed E-state index contributed by atoms with van der Waals surface area (Å²) in [7, 11) is 0.